The fourth-order valence-electron chi connectivity index (χ4n) is 1.69. The maximum atomic E-state index is 10.6. The smallest absolute Gasteiger partial charge is 0.309 e. The zero-order valence-corrected chi connectivity index (χ0v) is 11.5. The molecule has 0 saturated carbocycles. The molecular formula is C14H16N2O2S. The third-order valence-corrected chi connectivity index (χ3v) is 3.61. The SMILES string of the molecule is CCc1ccc(CNc2nc(CC(=O)O)cs2)cc1. The van der Waals surface area contributed by atoms with Gasteiger partial charge in [0.2, 0.25) is 0 Å². The highest BCUT2D eigenvalue weighted by Gasteiger charge is 2.05. The molecule has 100 valence electrons. The van der Waals surface area contributed by atoms with Gasteiger partial charge < -0.3 is 10.4 Å². The molecule has 1 aromatic carbocycles. The number of nitrogens with zero attached hydrogens (tertiary/aromatic N) is 1. The standard InChI is InChI=1S/C14H16N2O2S/c1-2-10-3-5-11(6-4-10)8-15-14-16-12(9-19-14)7-13(17)18/h3-6,9H,2,7-8H2,1H3,(H,15,16)(H,17,18). The van der Waals surface area contributed by atoms with Crippen molar-refractivity contribution < 1.29 is 9.90 Å². The van der Waals surface area contributed by atoms with Crippen LogP contribution in [0.2, 0.25) is 0 Å². The van der Waals surface area contributed by atoms with Crippen LogP contribution in [0.4, 0.5) is 5.13 Å². The lowest BCUT2D eigenvalue weighted by Gasteiger charge is -2.04. The van der Waals surface area contributed by atoms with Gasteiger partial charge in [-0.15, -0.1) is 11.3 Å². The number of carboxylic acids is 1. The highest BCUT2D eigenvalue weighted by molar-refractivity contribution is 7.13. The van der Waals surface area contributed by atoms with Crippen LogP contribution in [-0.2, 0) is 24.2 Å². The van der Waals surface area contributed by atoms with Gasteiger partial charge in [-0.05, 0) is 17.5 Å². The number of hydrogen-bond acceptors (Lipinski definition) is 4. The molecule has 0 aliphatic carbocycles. The van der Waals surface area contributed by atoms with E-state index in [9.17, 15) is 4.79 Å². The minimum Gasteiger partial charge on any atom is -0.481 e. The highest BCUT2D eigenvalue weighted by Crippen LogP contribution is 2.17. The summed E-state index contributed by atoms with van der Waals surface area (Å²) in [6.07, 6.45) is 1.02. The number of aromatic nitrogens is 1. The molecule has 2 aromatic rings. The summed E-state index contributed by atoms with van der Waals surface area (Å²) in [5.41, 5.74) is 3.11. The molecule has 2 N–H and O–H groups in total. The number of rotatable bonds is 6. The van der Waals surface area contributed by atoms with Crippen molar-refractivity contribution >= 4 is 22.4 Å². The number of benzene rings is 1. The van der Waals surface area contributed by atoms with Crippen molar-refractivity contribution in [1.82, 2.24) is 4.98 Å². The number of nitrogens with one attached hydrogen (secondary N) is 1. The van der Waals surface area contributed by atoms with Crippen LogP contribution in [0.25, 0.3) is 0 Å². The number of hydrogen-bond donors (Lipinski definition) is 2. The monoisotopic (exact) mass is 276 g/mol. The first-order valence-corrected chi connectivity index (χ1v) is 7.03. The van der Waals surface area contributed by atoms with Crippen molar-refractivity contribution in [2.75, 3.05) is 5.32 Å². The molecule has 1 heterocycles. The molecule has 0 atom stereocenters. The molecule has 0 amide bonds. The minimum atomic E-state index is -0.855. The van der Waals surface area contributed by atoms with Gasteiger partial charge in [-0.2, -0.15) is 0 Å². The lowest BCUT2D eigenvalue weighted by atomic mass is 10.1. The van der Waals surface area contributed by atoms with Crippen LogP contribution in [0, 0.1) is 0 Å². The van der Waals surface area contributed by atoms with Crippen molar-refractivity contribution in [3.8, 4) is 0 Å². The molecule has 0 fully saturated rings. The second-order valence-corrected chi connectivity index (χ2v) is 5.10. The van der Waals surface area contributed by atoms with Crippen molar-refractivity contribution in [2.45, 2.75) is 26.3 Å². The molecule has 2 rings (SSSR count). The van der Waals surface area contributed by atoms with E-state index in [1.54, 1.807) is 5.38 Å². The van der Waals surface area contributed by atoms with Crippen molar-refractivity contribution in [1.29, 1.82) is 0 Å². The number of aryl methyl sites for hydroxylation is 1. The summed E-state index contributed by atoms with van der Waals surface area (Å²) in [6.45, 7) is 2.83. The number of carboxylic acid groups (broad SMARTS) is 1. The molecule has 0 unspecified atom stereocenters. The zero-order valence-electron chi connectivity index (χ0n) is 10.7. The minimum absolute atomic E-state index is 0.0244. The number of thiazole rings is 1. The Bertz CT molecular complexity index is 549. The predicted molar refractivity (Wildman–Crippen MR) is 76.6 cm³/mol. The van der Waals surface area contributed by atoms with Crippen molar-refractivity contribution in [3.05, 3.63) is 46.5 Å². The van der Waals surface area contributed by atoms with Crippen LogP contribution in [0.15, 0.2) is 29.6 Å². The quantitative estimate of drug-likeness (QED) is 0.851. The third-order valence-electron chi connectivity index (χ3n) is 2.76. The summed E-state index contributed by atoms with van der Waals surface area (Å²) in [5.74, 6) is -0.855. The zero-order chi connectivity index (χ0) is 13.7. The predicted octanol–water partition coefficient (Wildman–Crippen LogP) is 2.94. The summed E-state index contributed by atoms with van der Waals surface area (Å²) in [5, 5.41) is 14.4. The summed E-state index contributed by atoms with van der Waals surface area (Å²) < 4.78 is 0. The third kappa shape index (κ3) is 4.06. The van der Waals surface area contributed by atoms with Gasteiger partial charge in [0.1, 0.15) is 0 Å². The Labute approximate surface area is 116 Å². The number of aliphatic carboxylic acids is 1. The van der Waals surface area contributed by atoms with Gasteiger partial charge >= 0.3 is 5.97 Å². The molecule has 5 heteroatoms. The maximum absolute atomic E-state index is 10.6. The summed E-state index contributed by atoms with van der Waals surface area (Å²) >= 11 is 1.43. The summed E-state index contributed by atoms with van der Waals surface area (Å²) in [6, 6.07) is 8.43. The van der Waals surface area contributed by atoms with E-state index < -0.39 is 5.97 Å². The molecule has 0 radical (unpaired) electrons. The van der Waals surface area contributed by atoms with Crippen molar-refractivity contribution in [2.24, 2.45) is 0 Å². The molecule has 0 aliphatic rings. The molecule has 1 aromatic heterocycles. The van der Waals surface area contributed by atoms with Crippen LogP contribution in [0.1, 0.15) is 23.7 Å². The van der Waals surface area contributed by atoms with Gasteiger partial charge in [-0.1, -0.05) is 31.2 Å². The van der Waals surface area contributed by atoms with Gasteiger partial charge in [0, 0.05) is 11.9 Å². The van der Waals surface area contributed by atoms with Crippen LogP contribution in [-0.4, -0.2) is 16.1 Å². The Morgan fingerprint density at radius 1 is 1.32 bits per heavy atom. The van der Waals surface area contributed by atoms with E-state index in [1.165, 1.54) is 22.5 Å². The molecule has 0 saturated heterocycles. The van der Waals surface area contributed by atoms with E-state index in [0.29, 0.717) is 12.2 Å². The van der Waals surface area contributed by atoms with Gasteiger partial charge in [0.05, 0.1) is 12.1 Å². The first-order chi connectivity index (χ1) is 9.17. The largest absolute Gasteiger partial charge is 0.481 e. The van der Waals surface area contributed by atoms with E-state index in [0.717, 1.165) is 11.6 Å². The number of anilines is 1. The lowest BCUT2D eigenvalue weighted by Crippen LogP contribution is -2.02. The Hall–Kier alpha value is -1.88. The fourth-order valence-corrected chi connectivity index (χ4v) is 2.40. The average molecular weight is 276 g/mol. The molecule has 0 spiro atoms. The van der Waals surface area contributed by atoms with Gasteiger partial charge in [0.25, 0.3) is 0 Å². The maximum Gasteiger partial charge on any atom is 0.309 e. The van der Waals surface area contributed by atoms with Gasteiger partial charge in [-0.3, -0.25) is 4.79 Å². The van der Waals surface area contributed by atoms with E-state index >= 15 is 0 Å². The lowest BCUT2D eigenvalue weighted by molar-refractivity contribution is -0.136. The van der Waals surface area contributed by atoms with E-state index in [1.807, 2.05) is 0 Å². The highest BCUT2D eigenvalue weighted by atomic mass is 32.1. The van der Waals surface area contributed by atoms with Crippen LogP contribution < -0.4 is 5.32 Å². The average Bonchev–Trinajstić information content (AvgIpc) is 2.84. The normalized spacial score (nSPS) is 10.4. The van der Waals surface area contributed by atoms with Crippen LogP contribution in [0.5, 0.6) is 0 Å². The van der Waals surface area contributed by atoms with Crippen molar-refractivity contribution in [3.63, 3.8) is 0 Å². The Morgan fingerprint density at radius 2 is 2.00 bits per heavy atom. The molecule has 0 bridgehead atoms. The Morgan fingerprint density at radius 3 is 2.63 bits per heavy atom. The molecule has 19 heavy (non-hydrogen) atoms. The van der Waals surface area contributed by atoms with Gasteiger partial charge in [0.15, 0.2) is 5.13 Å². The summed E-state index contributed by atoms with van der Waals surface area (Å²) in [7, 11) is 0. The van der Waals surface area contributed by atoms with Gasteiger partial charge in [-0.25, -0.2) is 4.98 Å². The van der Waals surface area contributed by atoms with Crippen LogP contribution in [0.3, 0.4) is 0 Å². The van der Waals surface area contributed by atoms with E-state index in [-0.39, 0.29) is 6.42 Å². The topological polar surface area (TPSA) is 62.2 Å². The second-order valence-electron chi connectivity index (χ2n) is 4.24. The second kappa shape index (κ2) is 6.33. The first-order valence-electron chi connectivity index (χ1n) is 6.15. The Kier molecular flexibility index (Phi) is 4.52. The fraction of sp³-hybridized carbons (Fsp3) is 0.286. The summed E-state index contributed by atoms with van der Waals surface area (Å²) in [4.78, 5) is 14.8. The first kappa shape index (κ1) is 13.5. The van der Waals surface area contributed by atoms with Crippen LogP contribution >= 0.6 is 11.3 Å². The Balaban J connectivity index is 1.90. The molecular weight excluding hydrogens is 260 g/mol. The molecule has 4 nitrogen and oxygen atoms in total. The van der Waals surface area contributed by atoms with E-state index in [2.05, 4.69) is 41.5 Å². The number of carbonyl (C=O) groups is 1. The van der Waals surface area contributed by atoms with E-state index in [4.69, 9.17) is 5.11 Å². The molecule has 0 aliphatic heterocycles.